The lowest BCUT2D eigenvalue weighted by molar-refractivity contribution is -0.137. The lowest BCUT2D eigenvalue weighted by Crippen LogP contribution is -2.35. The number of methoxy groups -OCH3 is 1. The monoisotopic (exact) mass is 305 g/mol. The summed E-state index contributed by atoms with van der Waals surface area (Å²) in [4.78, 5) is 13.0. The summed E-state index contributed by atoms with van der Waals surface area (Å²) in [6.07, 6.45) is 5.72. The van der Waals surface area contributed by atoms with Gasteiger partial charge in [-0.15, -0.1) is 0 Å². The normalized spacial score (nSPS) is 16.6. The average molecular weight is 305 g/mol. The number of nitrogens with zero attached hydrogens (tertiary/aromatic N) is 1. The SMILES string of the molecule is COc1ccc(CC2CCN(CCCCC(=O)O)CC2)cc1. The number of carboxylic acid groups (broad SMARTS) is 1. The van der Waals surface area contributed by atoms with Crippen LogP contribution in [0.5, 0.6) is 5.75 Å². The maximum Gasteiger partial charge on any atom is 0.303 e. The molecule has 1 aromatic carbocycles. The Morgan fingerprint density at radius 2 is 1.91 bits per heavy atom. The van der Waals surface area contributed by atoms with Crippen molar-refractivity contribution in [1.29, 1.82) is 0 Å². The molecule has 1 N–H and O–H groups in total. The highest BCUT2D eigenvalue weighted by Gasteiger charge is 2.19. The molecule has 0 saturated carbocycles. The van der Waals surface area contributed by atoms with E-state index in [2.05, 4.69) is 17.0 Å². The van der Waals surface area contributed by atoms with E-state index in [0.29, 0.717) is 6.42 Å². The Morgan fingerprint density at radius 1 is 1.23 bits per heavy atom. The van der Waals surface area contributed by atoms with Crippen molar-refractivity contribution in [2.45, 2.75) is 38.5 Å². The average Bonchev–Trinajstić information content (AvgIpc) is 2.54. The lowest BCUT2D eigenvalue weighted by Gasteiger charge is -2.32. The first kappa shape index (κ1) is 16.8. The summed E-state index contributed by atoms with van der Waals surface area (Å²) in [5, 5.41) is 8.64. The van der Waals surface area contributed by atoms with Crippen LogP contribution in [0.25, 0.3) is 0 Å². The van der Waals surface area contributed by atoms with Gasteiger partial charge in [0, 0.05) is 6.42 Å². The molecule has 1 fully saturated rings. The van der Waals surface area contributed by atoms with Gasteiger partial charge in [0.1, 0.15) is 5.75 Å². The maximum atomic E-state index is 10.5. The molecule has 1 saturated heterocycles. The van der Waals surface area contributed by atoms with Crippen molar-refractivity contribution in [3.63, 3.8) is 0 Å². The van der Waals surface area contributed by atoms with Crippen LogP contribution in [0.2, 0.25) is 0 Å². The number of benzene rings is 1. The van der Waals surface area contributed by atoms with Gasteiger partial charge in [0.2, 0.25) is 0 Å². The molecule has 4 nitrogen and oxygen atoms in total. The molecular weight excluding hydrogens is 278 g/mol. The number of aliphatic carboxylic acids is 1. The molecule has 0 atom stereocenters. The van der Waals surface area contributed by atoms with E-state index in [0.717, 1.165) is 50.6 Å². The van der Waals surface area contributed by atoms with E-state index in [9.17, 15) is 4.79 Å². The number of unbranched alkanes of at least 4 members (excludes halogenated alkanes) is 1. The summed E-state index contributed by atoms with van der Waals surface area (Å²) in [7, 11) is 1.70. The van der Waals surface area contributed by atoms with Crippen LogP contribution in [0.4, 0.5) is 0 Å². The van der Waals surface area contributed by atoms with Crippen LogP contribution in [-0.4, -0.2) is 42.7 Å². The van der Waals surface area contributed by atoms with E-state index < -0.39 is 5.97 Å². The predicted molar refractivity (Wildman–Crippen MR) is 87.3 cm³/mol. The molecule has 2 rings (SSSR count). The van der Waals surface area contributed by atoms with E-state index in [1.807, 2.05) is 12.1 Å². The third-order valence-corrected chi connectivity index (χ3v) is 4.51. The molecule has 122 valence electrons. The molecule has 0 spiro atoms. The van der Waals surface area contributed by atoms with Gasteiger partial charge in [-0.2, -0.15) is 0 Å². The van der Waals surface area contributed by atoms with E-state index in [-0.39, 0.29) is 0 Å². The standard InChI is InChI=1S/C18H27NO3/c1-22-17-7-5-15(6-8-17)14-16-9-12-19(13-10-16)11-3-2-4-18(20)21/h5-8,16H,2-4,9-14H2,1H3,(H,20,21). The third-order valence-electron chi connectivity index (χ3n) is 4.51. The number of hydrogen-bond acceptors (Lipinski definition) is 3. The van der Waals surface area contributed by atoms with Gasteiger partial charge in [-0.25, -0.2) is 0 Å². The van der Waals surface area contributed by atoms with Gasteiger partial charge in [-0.3, -0.25) is 4.79 Å². The quantitative estimate of drug-likeness (QED) is 0.749. The third kappa shape index (κ3) is 5.68. The van der Waals surface area contributed by atoms with Gasteiger partial charge in [0.15, 0.2) is 0 Å². The number of ether oxygens (including phenoxy) is 1. The molecule has 0 aromatic heterocycles. The molecule has 0 unspecified atom stereocenters. The van der Waals surface area contributed by atoms with Crippen LogP contribution in [0, 0.1) is 5.92 Å². The second-order valence-corrected chi connectivity index (χ2v) is 6.19. The Morgan fingerprint density at radius 3 is 2.50 bits per heavy atom. The highest BCUT2D eigenvalue weighted by atomic mass is 16.5. The Kier molecular flexibility index (Phi) is 6.72. The molecular formula is C18H27NO3. The van der Waals surface area contributed by atoms with E-state index in [1.54, 1.807) is 7.11 Å². The molecule has 4 heteroatoms. The maximum absolute atomic E-state index is 10.5. The molecule has 1 aliphatic rings. The molecule has 22 heavy (non-hydrogen) atoms. The van der Waals surface area contributed by atoms with E-state index in [1.165, 1.54) is 18.4 Å². The molecule has 0 aliphatic carbocycles. The minimum atomic E-state index is -0.682. The van der Waals surface area contributed by atoms with Gasteiger partial charge in [-0.05, 0) is 75.4 Å². The largest absolute Gasteiger partial charge is 0.497 e. The van der Waals surface area contributed by atoms with Crippen molar-refractivity contribution in [3.05, 3.63) is 29.8 Å². The second-order valence-electron chi connectivity index (χ2n) is 6.19. The van der Waals surface area contributed by atoms with Crippen LogP contribution in [0.3, 0.4) is 0 Å². The first-order chi connectivity index (χ1) is 10.7. The molecule has 1 heterocycles. The van der Waals surface area contributed by atoms with Crippen molar-refractivity contribution in [3.8, 4) is 5.75 Å². The van der Waals surface area contributed by atoms with Crippen LogP contribution in [-0.2, 0) is 11.2 Å². The zero-order chi connectivity index (χ0) is 15.8. The van der Waals surface area contributed by atoms with Crippen molar-refractivity contribution in [2.24, 2.45) is 5.92 Å². The fourth-order valence-electron chi connectivity index (χ4n) is 3.12. The van der Waals surface area contributed by atoms with E-state index in [4.69, 9.17) is 9.84 Å². The summed E-state index contributed by atoms with van der Waals surface area (Å²) >= 11 is 0. The number of rotatable bonds is 8. The fourth-order valence-corrected chi connectivity index (χ4v) is 3.12. The van der Waals surface area contributed by atoms with Gasteiger partial charge in [-0.1, -0.05) is 12.1 Å². The number of carbonyl (C=O) groups is 1. The minimum Gasteiger partial charge on any atom is -0.497 e. The Balaban J connectivity index is 1.65. The Bertz CT molecular complexity index is 450. The first-order valence-corrected chi connectivity index (χ1v) is 8.24. The van der Waals surface area contributed by atoms with Crippen LogP contribution in [0.15, 0.2) is 24.3 Å². The fraction of sp³-hybridized carbons (Fsp3) is 0.611. The van der Waals surface area contributed by atoms with Gasteiger partial charge >= 0.3 is 5.97 Å². The van der Waals surface area contributed by atoms with Gasteiger partial charge in [0.05, 0.1) is 7.11 Å². The molecule has 0 radical (unpaired) electrons. The summed E-state index contributed by atoms with van der Waals surface area (Å²) in [6.45, 7) is 3.34. The number of hydrogen-bond donors (Lipinski definition) is 1. The van der Waals surface area contributed by atoms with Gasteiger partial charge < -0.3 is 14.7 Å². The molecule has 1 aliphatic heterocycles. The molecule has 0 amide bonds. The van der Waals surface area contributed by atoms with Crippen molar-refractivity contribution >= 4 is 5.97 Å². The topological polar surface area (TPSA) is 49.8 Å². The van der Waals surface area contributed by atoms with Crippen molar-refractivity contribution < 1.29 is 14.6 Å². The smallest absolute Gasteiger partial charge is 0.303 e. The molecule has 0 bridgehead atoms. The Hall–Kier alpha value is -1.55. The summed E-state index contributed by atoms with van der Waals surface area (Å²) in [6, 6.07) is 8.40. The predicted octanol–water partition coefficient (Wildman–Crippen LogP) is 3.20. The van der Waals surface area contributed by atoms with E-state index >= 15 is 0 Å². The minimum absolute atomic E-state index is 0.300. The summed E-state index contributed by atoms with van der Waals surface area (Å²) in [5.74, 6) is 1.00. The summed E-state index contributed by atoms with van der Waals surface area (Å²) in [5.41, 5.74) is 1.39. The second kappa shape index (κ2) is 8.79. The zero-order valence-corrected chi connectivity index (χ0v) is 13.5. The first-order valence-electron chi connectivity index (χ1n) is 8.24. The van der Waals surface area contributed by atoms with Crippen LogP contribution >= 0.6 is 0 Å². The zero-order valence-electron chi connectivity index (χ0n) is 13.5. The Labute approximate surface area is 133 Å². The lowest BCUT2D eigenvalue weighted by atomic mass is 9.90. The van der Waals surface area contributed by atoms with Crippen molar-refractivity contribution in [2.75, 3.05) is 26.7 Å². The van der Waals surface area contributed by atoms with Crippen LogP contribution in [0.1, 0.15) is 37.7 Å². The number of piperidine rings is 1. The number of likely N-dealkylation sites (tertiary alicyclic amines) is 1. The van der Waals surface area contributed by atoms with Crippen LogP contribution < -0.4 is 4.74 Å². The number of carboxylic acids is 1. The highest BCUT2D eigenvalue weighted by molar-refractivity contribution is 5.66. The van der Waals surface area contributed by atoms with Crippen molar-refractivity contribution in [1.82, 2.24) is 4.90 Å². The highest BCUT2D eigenvalue weighted by Crippen LogP contribution is 2.23. The molecule has 1 aromatic rings. The van der Waals surface area contributed by atoms with Gasteiger partial charge in [0.25, 0.3) is 0 Å². The summed E-state index contributed by atoms with van der Waals surface area (Å²) < 4.78 is 5.19.